The fourth-order valence-electron chi connectivity index (χ4n) is 11.2. The molecule has 0 aromatic heterocycles. The SMILES string of the molecule is Oc1ccc2ccc(C34CC5CC(CC(C5)C3)C4)c(C34CC5CC(CC(C5)C3)C4)c2c1O. The summed E-state index contributed by atoms with van der Waals surface area (Å²) in [5.74, 6) is 5.59. The number of rotatable bonds is 2. The minimum atomic E-state index is 0.0612. The van der Waals surface area contributed by atoms with Crippen molar-refractivity contribution in [3.63, 3.8) is 0 Å². The zero-order chi connectivity index (χ0) is 21.2. The third-order valence-corrected chi connectivity index (χ3v) is 11.3. The number of hydrogen-bond acceptors (Lipinski definition) is 2. The van der Waals surface area contributed by atoms with E-state index in [0.29, 0.717) is 5.41 Å². The minimum Gasteiger partial charge on any atom is -0.504 e. The Morgan fingerprint density at radius 1 is 0.562 bits per heavy atom. The molecule has 2 nitrogen and oxygen atoms in total. The monoisotopic (exact) mass is 428 g/mol. The first-order valence-electron chi connectivity index (χ1n) is 13.5. The van der Waals surface area contributed by atoms with Gasteiger partial charge in [-0.2, -0.15) is 0 Å². The Morgan fingerprint density at radius 3 is 1.50 bits per heavy atom. The zero-order valence-electron chi connectivity index (χ0n) is 19.2. The summed E-state index contributed by atoms with van der Waals surface area (Å²) in [6.45, 7) is 0. The van der Waals surface area contributed by atoms with Gasteiger partial charge in [-0.15, -0.1) is 0 Å². The molecule has 10 rings (SSSR count). The smallest absolute Gasteiger partial charge is 0.165 e. The molecule has 8 aliphatic rings. The summed E-state index contributed by atoms with van der Waals surface area (Å²) >= 11 is 0. The number of aromatic hydroxyl groups is 2. The highest BCUT2D eigenvalue weighted by Crippen LogP contribution is 2.67. The van der Waals surface area contributed by atoms with E-state index in [2.05, 4.69) is 12.1 Å². The Kier molecular flexibility index (Phi) is 3.53. The molecule has 8 saturated carbocycles. The molecule has 0 spiro atoms. The first kappa shape index (κ1) is 18.7. The van der Waals surface area contributed by atoms with E-state index in [1.807, 2.05) is 6.07 Å². The van der Waals surface area contributed by atoms with Crippen molar-refractivity contribution in [2.24, 2.45) is 35.5 Å². The quantitative estimate of drug-likeness (QED) is 0.497. The van der Waals surface area contributed by atoms with Crippen LogP contribution in [0.3, 0.4) is 0 Å². The molecule has 2 heteroatoms. The average Bonchev–Trinajstić information content (AvgIpc) is 2.74. The second-order valence-electron chi connectivity index (χ2n) is 13.4. The topological polar surface area (TPSA) is 40.5 Å². The van der Waals surface area contributed by atoms with Crippen LogP contribution in [0.2, 0.25) is 0 Å². The standard InChI is InChI=1S/C30H36O2/c31-25-4-2-23-1-3-24(29-11-17-5-18(12-29)7-19(6-17)13-29)27(26(23)28(25)32)30-14-20-8-21(15-30)10-22(9-20)16-30/h1-4,17-22,31-32H,5-16H2. The summed E-state index contributed by atoms with van der Waals surface area (Å²) in [4.78, 5) is 0. The third-order valence-electron chi connectivity index (χ3n) is 11.3. The molecule has 2 N–H and O–H groups in total. The van der Waals surface area contributed by atoms with Gasteiger partial charge in [-0.1, -0.05) is 18.2 Å². The van der Waals surface area contributed by atoms with Gasteiger partial charge < -0.3 is 10.2 Å². The van der Waals surface area contributed by atoms with Crippen LogP contribution in [0.5, 0.6) is 11.5 Å². The summed E-state index contributed by atoms with van der Waals surface area (Å²) in [6.07, 6.45) is 16.7. The molecule has 0 heterocycles. The van der Waals surface area contributed by atoms with Gasteiger partial charge in [0, 0.05) is 5.39 Å². The Labute approximate surface area is 191 Å². The van der Waals surface area contributed by atoms with E-state index >= 15 is 0 Å². The van der Waals surface area contributed by atoms with Crippen molar-refractivity contribution in [1.82, 2.24) is 0 Å². The van der Waals surface area contributed by atoms with Crippen molar-refractivity contribution in [2.75, 3.05) is 0 Å². The van der Waals surface area contributed by atoms with Crippen molar-refractivity contribution < 1.29 is 10.2 Å². The molecule has 0 amide bonds. The van der Waals surface area contributed by atoms with Gasteiger partial charge >= 0.3 is 0 Å². The summed E-state index contributed by atoms with van der Waals surface area (Å²) in [5, 5.41) is 24.0. The summed E-state index contributed by atoms with van der Waals surface area (Å²) in [7, 11) is 0. The molecule has 168 valence electrons. The highest BCUT2D eigenvalue weighted by Gasteiger charge is 2.57. The Morgan fingerprint density at radius 2 is 1.00 bits per heavy atom. The van der Waals surface area contributed by atoms with E-state index < -0.39 is 0 Å². The zero-order valence-corrected chi connectivity index (χ0v) is 19.2. The normalized spacial score (nSPS) is 45.8. The largest absolute Gasteiger partial charge is 0.504 e. The Balaban J connectivity index is 1.41. The molecule has 2 aromatic rings. The van der Waals surface area contributed by atoms with Gasteiger partial charge in [0.05, 0.1) is 0 Å². The van der Waals surface area contributed by atoms with Gasteiger partial charge in [-0.05, 0) is 146 Å². The predicted molar refractivity (Wildman–Crippen MR) is 127 cm³/mol. The third kappa shape index (κ3) is 2.37. The molecule has 2 aromatic carbocycles. The van der Waals surface area contributed by atoms with Gasteiger partial charge in [-0.3, -0.25) is 0 Å². The second-order valence-corrected chi connectivity index (χ2v) is 13.4. The molecular formula is C30H36O2. The van der Waals surface area contributed by atoms with E-state index in [0.717, 1.165) is 46.3 Å². The number of phenolic OH excluding ortho intramolecular Hbond substituents is 2. The predicted octanol–water partition coefficient (Wildman–Crippen LogP) is 7.19. The first-order valence-corrected chi connectivity index (χ1v) is 13.5. The summed E-state index contributed by atoms with van der Waals surface area (Å²) < 4.78 is 0. The van der Waals surface area contributed by atoms with Crippen molar-refractivity contribution in [1.29, 1.82) is 0 Å². The molecule has 8 bridgehead atoms. The number of phenols is 2. The fourth-order valence-corrected chi connectivity index (χ4v) is 11.2. The van der Waals surface area contributed by atoms with E-state index in [4.69, 9.17) is 0 Å². The maximum absolute atomic E-state index is 11.3. The van der Waals surface area contributed by atoms with Gasteiger partial charge in [-0.25, -0.2) is 0 Å². The van der Waals surface area contributed by atoms with E-state index in [-0.39, 0.29) is 16.9 Å². The molecule has 0 aliphatic heterocycles. The van der Waals surface area contributed by atoms with E-state index in [9.17, 15) is 10.2 Å². The van der Waals surface area contributed by atoms with Gasteiger partial charge in [0.25, 0.3) is 0 Å². The average molecular weight is 429 g/mol. The van der Waals surface area contributed by atoms with Crippen LogP contribution in [0.4, 0.5) is 0 Å². The van der Waals surface area contributed by atoms with Crippen LogP contribution in [0.25, 0.3) is 10.8 Å². The molecule has 0 atom stereocenters. The van der Waals surface area contributed by atoms with Crippen LogP contribution in [-0.4, -0.2) is 10.2 Å². The van der Waals surface area contributed by atoms with Gasteiger partial charge in [0.15, 0.2) is 11.5 Å². The lowest BCUT2D eigenvalue weighted by molar-refractivity contribution is -0.0169. The van der Waals surface area contributed by atoms with Crippen LogP contribution in [0.1, 0.15) is 88.2 Å². The maximum Gasteiger partial charge on any atom is 0.165 e. The first-order chi connectivity index (χ1) is 15.5. The van der Waals surface area contributed by atoms with E-state index in [1.54, 1.807) is 11.6 Å². The van der Waals surface area contributed by atoms with Crippen LogP contribution >= 0.6 is 0 Å². The molecular weight excluding hydrogens is 392 g/mol. The van der Waals surface area contributed by atoms with Crippen LogP contribution < -0.4 is 0 Å². The summed E-state index contributed by atoms with van der Waals surface area (Å²) in [5.41, 5.74) is 3.65. The van der Waals surface area contributed by atoms with Crippen molar-refractivity contribution in [3.05, 3.63) is 35.4 Å². The maximum atomic E-state index is 11.3. The molecule has 8 fully saturated rings. The number of hydrogen-bond donors (Lipinski definition) is 2. The van der Waals surface area contributed by atoms with Gasteiger partial charge in [0.1, 0.15) is 0 Å². The highest BCUT2D eigenvalue weighted by atomic mass is 16.3. The summed E-state index contributed by atoms with van der Waals surface area (Å²) in [6, 6.07) is 8.50. The van der Waals surface area contributed by atoms with Crippen LogP contribution in [0, 0.1) is 35.5 Å². The molecule has 0 saturated heterocycles. The van der Waals surface area contributed by atoms with Crippen molar-refractivity contribution in [3.8, 4) is 11.5 Å². The van der Waals surface area contributed by atoms with E-state index in [1.165, 1.54) is 82.6 Å². The van der Waals surface area contributed by atoms with Crippen LogP contribution in [0.15, 0.2) is 24.3 Å². The lowest BCUT2D eigenvalue weighted by Gasteiger charge is -2.61. The number of fused-ring (bicyclic) bond motifs is 1. The molecule has 0 unspecified atom stereocenters. The Hall–Kier alpha value is -1.70. The lowest BCUT2D eigenvalue weighted by Crippen LogP contribution is -2.52. The Bertz CT molecular complexity index is 1060. The fraction of sp³-hybridized carbons (Fsp3) is 0.667. The second kappa shape index (κ2) is 6.05. The van der Waals surface area contributed by atoms with Gasteiger partial charge in [0.2, 0.25) is 0 Å². The highest BCUT2D eigenvalue weighted by molar-refractivity contribution is 5.95. The van der Waals surface area contributed by atoms with Crippen molar-refractivity contribution in [2.45, 2.75) is 87.9 Å². The molecule has 0 radical (unpaired) electrons. The number of benzene rings is 2. The minimum absolute atomic E-state index is 0.0612. The van der Waals surface area contributed by atoms with Crippen molar-refractivity contribution >= 4 is 10.8 Å². The molecule has 8 aliphatic carbocycles. The van der Waals surface area contributed by atoms with Crippen LogP contribution in [-0.2, 0) is 10.8 Å². The lowest BCUT2D eigenvalue weighted by atomic mass is 9.44. The molecule has 32 heavy (non-hydrogen) atoms.